The summed E-state index contributed by atoms with van der Waals surface area (Å²) in [6.45, 7) is 0.272. The lowest BCUT2D eigenvalue weighted by Crippen LogP contribution is -2.22. The molecule has 0 aromatic carbocycles. The minimum atomic E-state index is -3.41. The number of rotatable bonds is 5. The number of nitrogens with one attached hydrogen (secondary N) is 2. The lowest BCUT2D eigenvalue weighted by atomic mass is 10.3. The van der Waals surface area contributed by atoms with Gasteiger partial charge < -0.3 is 10.6 Å². The molecule has 6 nitrogen and oxygen atoms in total. The van der Waals surface area contributed by atoms with Crippen molar-refractivity contribution in [1.29, 1.82) is 0 Å². The summed E-state index contributed by atoms with van der Waals surface area (Å²) in [6.07, 6.45) is 3.29. The van der Waals surface area contributed by atoms with E-state index in [1.54, 1.807) is 19.4 Å². The minimum Gasteiger partial charge on any atom is -0.387 e. The van der Waals surface area contributed by atoms with Gasteiger partial charge in [-0.15, -0.1) is 0 Å². The first-order chi connectivity index (χ1) is 7.01. The van der Waals surface area contributed by atoms with Crippen LogP contribution in [-0.2, 0) is 10.0 Å². The standard InChI is InChI=1S/C8H14N4O2S/c1-10-7-4-8(6-11-5-7)12-2-3-15(9,13)14/h4-6,10,12H,2-3H2,1H3,(H2,9,13,14). The molecule has 0 atom stereocenters. The fraction of sp³-hybridized carbons (Fsp3) is 0.375. The van der Waals surface area contributed by atoms with E-state index in [-0.39, 0.29) is 12.3 Å². The first kappa shape index (κ1) is 11.7. The molecule has 0 aliphatic rings. The summed E-state index contributed by atoms with van der Waals surface area (Å²) in [6, 6.07) is 1.83. The van der Waals surface area contributed by atoms with E-state index in [0.717, 1.165) is 11.4 Å². The Morgan fingerprint density at radius 3 is 2.67 bits per heavy atom. The van der Waals surface area contributed by atoms with Crippen molar-refractivity contribution in [2.24, 2.45) is 5.14 Å². The zero-order chi connectivity index (χ0) is 11.3. The van der Waals surface area contributed by atoms with Gasteiger partial charge in [0.25, 0.3) is 0 Å². The molecule has 0 saturated carbocycles. The van der Waals surface area contributed by atoms with Crippen LogP contribution < -0.4 is 15.8 Å². The number of primary sulfonamides is 1. The Balaban J connectivity index is 2.51. The molecule has 0 spiro atoms. The Kier molecular flexibility index (Phi) is 3.87. The van der Waals surface area contributed by atoms with Gasteiger partial charge in [0.15, 0.2) is 0 Å². The highest BCUT2D eigenvalue weighted by molar-refractivity contribution is 7.89. The maximum absolute atomic E-state index is 10.7. The monoisotopic (exact) mass is 230 g/mol. The van der Waals surface area contributed by atoms with Crippen molar-refractivity contribution >= 4 is 21.4 Å². The number of aromatic nitrogens is 1. The largest absolute Gasteiger partial charge is 0.387 e. The van der Waals surface area contributed by atoms with Crippen LogP contribution in [0.4, 0.5) is 11.4 Å². The lowest BCUT2D eigenvalue weighted by Gasteiger charge is -2.06. The third kappa shape index (κ3) is 4.61. The number of hydrogen-bond donors (Lipinski definition) is 3. The number of nitrogens with zero attached hydrogens (tertiary/aromatic N) is 1. The summed E-state index contributed by atoms with van der Waals surface area (Å²) in [5.74, 6) is -0.100. The fourth-order valence-electron chi connectivity index (χ4n) is 1.01. The zero-order valence-corrected chi connectivity index (χ0v) is 9.21. The van der Waals surface area contributed by atoms with Gasteiger partial charge in [0.2, 0.25) is 10.0 Å². The van der Waals surface area contributed by atoms with E-state index in [2.05, 4.69) is 15.6 Å². The van der Waals surface area contributed by atoms with Crippen molar-refractivity contribution in [3.8, 4) is 0 Å². The molecular formula is C8H14N4O2S. The highest BCUT2D eigenvalue weighted by Crippen LogP contribution is 2.11. The van der Waals surface area contributed by atoms with Gasteiger partial charge in [-0.3, -0.25) is 4.98 Å². The van der Waals surface area contributed by atoms with Gasteiger partial charge in [0, 0.05) is 13.6 Å². The van der Waals surface area contributed by atoms with Gasteiger partial charge in [-0.2, -0.15) is 0 Å². The Morgan fingerprint density at radius 2 is 2.07 bits per heavy atom. The first-order valence-corrected chi connectivity index (χ1v) is 6.10. The lowest BCUT2D eigenvalue weighted by molar-refractivity contribution is 0.598. The van der Waals surface area contributed by atoms with Crippen LogP contribution in [0.15, 0.2) is 18.5 Å². The van der Waals surface area contributed by atoms with Crippen molar-refractivity contribution < 1.29 is 8.42 Å². The fourth-order valence-corrected chi connectivity index (χ4v) is 1.40. The van der Waals surface area contributed by atoms with Crippen LogP contribution in [0.3, 0.4) is 0 Å². The summed E-state index contributed by atoms with van der Waals surface area (Å²) in [7, 11) is -1.63. The Labute approximate surface area is 88.9 Å². The second-order valence-electron chi connectivity index (χ2n) is 3.01. The second-order valence-corrected chi connectivity index (χ2v) is 4.74. The van der Waals surface area contributed by atoms with E-state index in [4.69, 9.17) is 5.14 Å². The molecule has 7 heteroatoms. The maximum atomic E-state index is 10.7. The van der Waals surface area contributed by atoms with Gasteiger partial charge in [-0.05, 0) is 6.07 Å². The third-order valence-electron chi connectivity index (χ3n) is 1.74. The predicted octanol–water partition coefficient (Wildman–Crippen LogP) is -0.176. The molecule has 0 amide bonds. The van der Waals surface area contributed by atoms with Crippen molar-refractivity contribution in [2.75, 3.05) is 30.0 Å². The molecule has 15 heavy (non-hydrogen) atoms. The molecule has 1 rings (SSSR count). The molecular weight excluding hydrogens is 216 g/mol. The van der Waals surface area contributed by atoms with E-state index >= 15 is 0 Å². The molecule has 0 bridgehead atoms. The Hall–Kier alpha value is -1.34. The SMILES string of the molecule is CNc1cncc(NCCS(N)(=O)=O)c1. The topological polar surface area (TPSA) is 97.1 Å². The van der Waals surface area contributed by atoms with Crippen LogP contribution in [-0.4, -0.2) is 32.7 Å². The van der Waals surface area contributed by atoms with E-state index < -0.39 is 10.0 Å². The number of sulfonamides is 1. The molecule has 0 aliphatic heterocycles. The van der Waals surface area contributed by atoms with E-state index in [0.29, 0.717) is 0 Å². The molecule has 0 aliphatic carbocycles. The number of anilines is 2. The van der Waals surface area contributed by atoms with Crippen LogP contribution in [0.5, 0.6) is 0 Å². The van der Waals surface area contributed by atoms with Gasteiger partial charge in [-0.1, -0.05) is 0 Å². The van der Waals surface area contributed by atoms with Crippen LogP contribution in [0.25, 0.3) is 0 Å². The molecule has 1 heterocycles. The summed E-state index contributed by atoms with van der Waals surface area (Å²) in [5.41, 5.74) is 1.61. The van der Waals surface area contributed by atoms with Crippen LogP contribution in [0, 0.1) is 0 Å². The van der Waals surface area contributed by atoms with E-state index in [1.807, 2.05) is 6.07 Å². The van der Waals surface area contributed by atoms with Crippen LogP contribution in [0.2, 0.25) is 0 Å². The number of hydrogen-bond acceptors (Lipinski definition) is 5. The van der Waals surface area contributed by atoms with Gasteiger partial charge >= 0.3 is 0 Å². The van der Waals surface area contributed by atoms with Gasteiger partial charge in [-0.25, -0.2) is 13.6 Å². The summed E-state index contributed by atoms with van der Waals surface area (Å²) in [5, 5.41) is 10.7. The second kappa shape index (κ2) is 4.94. The third-order valence-corrected chi connectivity index (χ3v) is 2.52. The molecule has 0 fully saturated rings. The normalized spacial score (nSPS) is 11.1. The molecule has 84 valence electrons. The van der Waals surface area contributed by atoms with Crippen molar-refractivity contribution in [1.82, 2.24) is 4.98 Å². The first-order valence-electron chi connectivity index (χ1n) is 4.38. The van der Waals surface area contributed by atoms with E-state index in [1.165, 1.54) is 0 Å². The minimum absolute atomic E-state index is 0.100. The highest BCUT2D eigenvalue weighted by Gasteiger charge is 2.01. The molecule has 0 radical (unpaired) electrons. The summed E-state index contributed by atoms with van der Waals surface area (Å²) in [4.78, 5) is 3.96. The molecule has 1 aromatic heterocycles. The molecule has 4 N–H and O–H groups in total. The van der Waals surface area contributed by atoms with Crippen molar-refractivity contribution in [3.05, 3.63) is 18.5 Å². The summed E-state index contributed by atoms with van der Waals surface area (Å²) >= 11 is 0. The zero-order valence-electron chi connectivity index (χ0n) is 8.40. The van der Waals surface area contributed by atoms with Crippen molar-refractivity contribution in [2.45, 2.75) is 0 Å². The Morgan fingerprint density at radius 1 is 1.40 bits per heavy atom. The van der Waals surface area contributed by atoms with E-state index in [9.17, 15) is 8.42 Å². The smallest absolute Gasteiger partial charge is 0.210 e. The van der Waals surface area contributed by atoms with Gasteiger partial charge in [0.1, 0.15) is 0 Å². The molecule has 0 unspecified atom stereocenters. The molecule has 0 saturated heterocycles. The number of nitrogens with two attached hydrogens (primary N) is 1. The van der Waals surface area contributed by atoms with Crippen molar-refractivity contribution in [3.63, 3.8) is 0 Å². The van der Waals surface area contributed by atoms with Gasteiger partial charge in [0.05, 0.1) is 29.5 Å². The predicted molar refractivity (Wildman–Crippen MR) is 60.2 cm³/mol. The average molecular weight is 230 g/mol. The summed E-state index contributed by atoms with van der Waals surface area (Å²) < 4.78 is 21.3. The Bertz CT molecular complexity index is 418. The molecule has 1 aromatic rings. The van der Waals surface area contributed by atoms with Crippen LogP contribution in [0.1, 0.15) is 0 Å². The average Bonchev–Trinajstić information content (AvgIpc) is 2.16. The van der Waals surface area contributed by atoms with Crippen LogP contribution >= 0.6 is 0 Å². The number of pyridine rings is 1. The highest BCUT2D eigenvalue weighted by atomic mass is 32.2. The quantitative estimate of drug-likeness (QED) is 0.652. The maximum Gasteiger partial charge on any atom is 0.210 e.